The van der Waals surface area contributed by atoms with Gasteiger partial charge in [-0.05, 0) is 48.8 Å². The Kier molecular flexibility index (Phi) is 4.10. The van der Waals surface area contributed by atoms with Gasteiger partial charge in [0, 0.05) is 23.5 Å². The minimum atomic E-state index is -0.240. The van der Waals surface area contributed by atoms with E-state index in [2.05, 4.69) is 10.3 Å². The van der Waals surface area contributed by atoms with Crippen molar-refractivity contribution in [2.45, 2.75) is 31.7 Å². The summed E-state index contributed by atoms with van der Waals surface area (Å²) in [5.41, 5.74) is 7.12. The van der Waals surface area contributed by atoms with Crippen LogP contribution in [0.25, 0.3) is 0 Å². The first-order valence-electron chi connectivity index (χ1n) is 8.36. The molecule has 1 heterocycles. The highest BCUT2D eigenvalue weighted by Crippen LogP contribution is 2.48. The molecular weight excluding hydrogens is 325 g/mol. The molecule has 1 aromatic carbocycles. The van der Waals surface area contributed by atoms with E-state index in [0.717, 1.165) is 29.7 Å². The van der Waals surface area contributed by atoms with Crippen molar-refractivity contribution in [3.63, 3.8) is 0 Å². The topological polar surface area (TPSA) is 68.0 Å². The zero-order valence-electron chi connectivity index (χ0n) is 13.2. The fourth-order valence-corrected chi connectivity index (χ4v) is 5.06. The number of aromatic nitrogens is 1. The van der Waals surface area contributed by atoms with Gasteiger partial charge in [0.1, 0.15) is 5.82 Å². The van der Waals surface area contributed by atoms with Crippen LogP contribution in [-0.4, -0.2) is 16.9 Å². The number of hydrogen-bond acceptors (Lipinski definition) is 4. The second kappa shape index (κ2) is 6.26. The van der Waals surface area contributed by atoms with Crippen molar-refractivity contribution in [3.05, 3.63) is 46.7 Å². The van der Waals surface area contributed by atoms with Crippen LogP contribution in [-0.2, 0) is 11.2 Å². The van der Waals surface area contributed by atoms with Crippen LogP contribution >= 0.6 is 11.3 Å². The Morgan fingerprint density at radius 2 is 2.21 bits per heavy atom. The highest BCUT2D eigenvalue weighted by atomic mass is 32.1. The Hall–Kier alpha value is -1.79. The van der Waals surface area contributed by atoms with Gasteiger partial charge in [-0.2, -0.15) is 0 Å². The van der Waals surface area contributed by atoms with Crippen molar-refractivity contribution in [1.29, 1.82) is 0 Å². The molecule has 4 rings (SSSR count). The number of halogens is 1. The molecule has 1 aromatic heterocycles. The maximum Gasteiger partial charge on any atom is 0.231 e. The number of hydrogen-bond donors (Lipinski definition) is 2. The predicted octanol–water partition coefficient (Wildman–Crippen LogP) is 3.18. The SMILES string of the molecule is NC1C2CCC(C2)C1C(=O)Nc1ncc(Cc2cccc(F)c2)s1. The number of benzene rings is 1. The second-order valence-corrected chi connectivity index (χ2v) is 7.98. The summed E-state index contributed by atoms with van der Waals surface area (Å²) in [4.78, 5) is 17.8. The number of nitrogens with one attached hydrogen (secondary N) is 1. The number of thiazole rings is 1. The van der Waals surface area contributed by atoms with Crippen LogP contribution < -0.4 is 11.1 Å². The third-order valence-electron chi connectivity index (χ3n) is 5.33. The number of carbonyl (C=O) groups excluding carboxylic acids is 1. The van der Waals surface area contributed by atoms with Crippen molar-refractivity contribution >= 4 is 22.4 Å². The van der Waals surface area contributed by atoms with Gasteiger partial charge in [-0.1, -0.05) is 12.1 Å². The van der Waals surface area contributed by atoms with E-state index in [4.69, 9.17) is 5.73 Å². The van der Waals surface area contributed by atoms with E-state index in [1.807, 2.05) is 6.07 Å². The molecule has 1 amide bonds. The number of carbonyl (C=O) groups is 1. The number of nitrogens with zero attached hydrogens (tertiary/aromatic N) is 1. The van der Waals surface area contributed by atoms with Gasteiger partial charge in [0.2, 0.25) is 5.91 Å². The van der Waals surface area contributed by atoms with Gasteiger partial charge in [0.05, 0.1) is 5.92 Å². The highest BCUT2D eigenvalue weighted by molar-refractivity contribution is 7.15. The first-order valence-corrected chi connectivity index (χ1v) is 9.17. The van der Waals surface area contributed by atoms with Crippen molar-refractivity contribution in [1.82, 2.24) is 4.98 Å². The summed E-state index contributed by atoms with van der Waals surface area (Å²) in [6.45, 7) is 0. The molecule has 0 saturated heterocycles. The molecule has 6 heteroatoms. The number of nitrogens with two attached hydrogens (primary N) is 1. The number of fused-ring (bicyclic) bond motifs is 2. The van der Waals surface area contributed by atoms with Crippen molar-refractivity contribution in [2.75, 3.05) is 5.32 Å². The van der Waals surface area contributed by atoms with Crippen molar-refractivity contribution < 1.29 is 9.18 Å². The van der Waals surface area contributed by atoms with Crippen LogP contribution in [0.5, 0.6) is 0 Å². The van der Waals surface area contributed by atoms with E-state index in [1.54, 1.807) is 12.3 Å². The van der Waals surface area contributed by atoms with E-state index < -0.39 is 0 Å². The smallest absolute Gasteiger partial charge is 0.231 e. The molecule has 4 atom stereocenters. The molecule has 4 nitrogen and oxygen atoms in total. The molecular formula is C18H20FN3OS. The molecule has 2 bridgehead atoms. The molecule has 3 N–H and O–H groups in total. The fraction of sp³-hybridized carbons (Fsp3) is 0.444. The summed E-state index contributed by atoms with van der Waals surface area (Å²) in [6, 6.07) is 6.52. The summed E-state index contributed by atoms with van der Waals surface area (Å²) in [6.07, 6.45) is 5.70. The number of rotatable bonds is 4. The monoisotopic (exact) mass is 345 g/mol. The van der Waals surface area contributed by atoms with Crippen LogP contribution in [0, 0.1) is 23.6 Å². The first-order chi connectivity index (χ1) is 11.6. The minimum Gasteiger partial charge on any atom is -0.327 e. The lowest BCUT2D eigenvalue weighted by molar-refractivity contribution is -0.121. The Morgan fingerprint density at radius 3 is 2.96 bits per heavy atom. The van der Waals surface area contributed by atoms with E-state index in [0.29, 0.717) is 23.4 Å². The van der Waals surface area contributed by atoms with Crippen LogP contribution in [0.2, 0.25) is 0 Å². The first kappa shape index (κ1) is 15.7. The van der Waals surface area contributed by atoms with Gasteiger partial charge < -0.3 is 11.1 Å². The van der Waals surface area contributed by atoms with Gasteiger partial charge in [0.25, 0.3) is 0 Å². The standard InChI is InChI=1S/C18H20FN3OS/c19-13-3-1-2-10(6-13)7-14-9-21-18(24-14)22-17(23)15-11-4-5-12(8-11)16(15)20/h1-3,6,9,11-12,15-16H,4-5,7-8,20H2,(H,21,22,23). The van der Waals surface area contributed by atoms with E-state index >= 15 is 0 Å². The Morgan fingerprint density at radius 1 is 1.38 bits per heavy atom. The average molecular weight is 345 g/mol. The van der Waals surface area contributed by atoms with Crippen molar-refractivity contribution in [3.8, 4) is 0 Å². The van der Waals surface area contributed by atoms with E-state index in [9.17, 15) is 9.18 Å². The van der Waals surface area contributed by atoms with Crippen LogP contribution in [0.1, 0.15) is 29.7 Å². The molecule has 2 aliphatic rings. The molecule has 2 fully saturated rings. The largest absolute Gasteiger partial charge is 0.327 e. The lowest BCUT2D eigenvalue weighted by Crippen LogP contribution is -2.42. The average Bonchev–Trinajstić information content (AvgIpc) is 3.23. The maximum atomic E-state index is 13.2. The highest BCUT2D eigenvalue weighted by Gasteiger charge is 2.49. The van der Waals surface area contributed by atoms with Gasteiger partial charge >= 0.3 is 0 Å². The predicted molar refractivity (Wildman–Crippen MR) is 92.2 cm³/mol. The number of anilines is 1. The second-order valence-electron chi connectivity index (χ2n) is 6.86. The van der Waals surface area contributed by atoms with Crippen LogP contribution in [0.15, 0.2) is 30.5 Å². The maximum absolute atomic E-state index is 13.2. The Balaban J connectivity index is 1.41. The summed E-state index contributed by atoms with van der Waals surface area (Å²) >= 11 is 1.44. The molecule has 0 spiro atoms. The summed E-state index contributed by atoms with van der Waals surface area (Å²) in [7, 11) is 0. The zero-order chi connectivity index (χ0) is 16.7. The zero-order valence-corrected chi connectivity index (χ0v) is 14.1. The van der Waals surface area contributed by atoms with Gasteiger partial charge in [-0.25, -0.2) is 9.37 Å². The Bertz CT molecular complexity index is 760. The molecule has 0 aliphatic heterocycles. The van der Waals surface area contributed by atoms with Crippen molar-refractivity contribution in [2.24, 2.45) is 23.5 Å². The van der Waals surface area contributed by atoms with Crippen LogP contribution in [0.3, 0.4) is 0 Å². The molecule has 0 radical (unpaired) electrons. The molecule has 2 aliphatic carbocycles. The fourth-order valence-electron chi connectivity index (χ4n) is 4.21. The lowest BCUT2D eigenvalue weighted by Gasteiger charge is -2.26. The third kappa shape index (κ3) is 2.96. The van der Waals surface area contributed by atoms with Gasteiger partial charge in [-0.15, -0.1) is 11.3 Å². The summed E-state index contributed by atoms with van der Waals surface area (Å²) in [5, 5.41) is 3.53. The molecule has 2 saturated carbocycles. The molecule has 4 unspecified atom stereocenters. The van der Waals surface area contributed by atoms with Gasteiger partial charge in [0.15, 0.2) is 5.13 Å². The third-order valence-corrected chi connectivity index (χ3v) is 6.25. The number of amides is 1. The summed E-state index contributed by atoms with van der Waals surface area (Å²) in [5.74, 6) is 0.610. The lowest BCUT2D eigenvalue weighted by atomic mass is 9.84. The van der Waals surface area contributed by atoms with E-state index in [-0.39, 0.29) is 23.7 Å². The molecule has 2 aromatic rings. The summed E-state index contributed by atoms with van der Waals surface area (Å²) < 4.78 is 13.2. The van der Waals surface area contributed by atoms with Crippen LogP contribution in [0.4, 0.5) is 9.52 Å². The van der Waals surface area contributed by atoms with E-state index in [1.165, 1.54) is 23.5 Å². The minimum absolute atomic E-state index is 0.00126. The normalized spacial score (nSPS) is 28.2. The quantitative estimate of drug-likeness (QED) is 0.894. The molecule has 126 valence electrons. The Labute approximate surface area is 144 Å². The molecule has 24 heavy (non-hydrogen) atoms. The van der Waals surface area contributed by atoms with Gasteiger partial charge in [-0.3, -0.25) is 4.79 Å².